The van der Waals surface area contributed by atoms with Crippen LogP contribution in [0.1, 0.15) is 25.5 Å². The largest absolute Gasteiger partial charge is 0.351 e. The summed E-state index contributed by atoms with van der Waals surface area (Å²) in [6.45, 7) is 5.23. The topological polar surface area (TPSA) is 65.1 Å². The predicted octanol–water partition coefficient (Wildman–Crippen LogP) is 3.01. The fourth-order valence-corrected chi connectivity index (χ4v) is 3.92. The van der Waals surface area contributed by atoms with E-state index in [-0.39, 0.29) is 11.6 Å². The molecule has 0 saturated carbocycles. The molecule has 2 aromatic heterocycles. The van der Waals surface area contributed by atoms with E-state index < -0.39 is 29.2 Å². The summed E-state index contributed by atoms with van der Waals surface area (Å²) >= 11 is 0. The van der Waals surface area contributed by atoms with Crippen molar-refractivity contribution in [2.45, 2.75) is 25.9 Å². The Morgan fingerprint density at radius 1 is 1.24 bits per heavy atom. The third-order valence-electron chi connectivity index (χ3n) is 5.43. The maximum atomic E-state index is 14.2. The minimum Gasteiger partial charge on any atom is -0.351 e. The van der Waals surface area contributed by atoms with Crippen LogP contribution in [0.25, 0.3) is 11.0 Å². The molecule has 3 aromatic rings. The summed E-state index contributed by atoms with van der Waals surface area (Å²) in [5, 5.41) is 0.735. The number of halogens is 3. The van der Waals surface area contributed by atoms with Gasteiger partial charge in [-0.25, -0.2) is 22.9 Å². The van der Waals surface area contributed by atoms with E-state index in [1.165, 1.54) is 0 Å². The molecule has 1 saturated heterocycles. The lowest BCUT2D eigenvalue weighted by atomic mass is 10.0. The Hall–Kier alpha value is -2.94. The van der Waals surface area contributed by atoms with E-state index in [9.17, 15) is 18.0 Å². The highest BCUT2D eigenvalue weighted by atomic mass is 19.2. The third-order valence-corrected chi connectivity index (χ3v) is 5.43. The maximum absolute atomic E-state index is 14.2. The lowest BCUT2D eigenvalue weighted by molar-refractivity contribution is 0.171. The van der Waals surface area contributed by atoms with Crippen LogP contribution in [0, 0.1) is 17.5 Å². The van der Waals surface area contributed by atoms with Crippen LogP contribution in [0.5, 0.6) is 0 Å². The second-order valence-corrected chi connectivity index (χ2v) is 7.27. The summed E-state index contributed by atoms with van der Waals surface area (Å²) in [7, 11) is 0. The molecule has 9 heteroatoms. The molecule has 0 bridgehead atoms. The van der Waals surface area contributed by atoms with Crippen molar-refractivity contribution in [1.29, 1.82) is 0 Å². The number of nitrogens with zero attached hydrogens (tertiary/aromatic N) is 4. The van der Waals surface area contributed by atoms with Crippen LogP contribution in [0.15, 0.2) is 35.3 Å². The van der Waals surface area contributed by atoms with Crippen molar-refractivity contribution in [2.75, 3.05) is 24.5 Å². The van der Waals surface area contributed by atoms with Crippen LogP contribution in [0.2, 0.25) is 0 Å². The van der Waals surface area contributed by atoms with Crippen molar-refractivity contribution in [3.05, 3.63) is 64.0 Å². The normalized spacial score (nSPS) is 18.9. The summed E-state index contributed by atoms with van der Waals surface area (Å²) in [6, 6.07) is 4.63. The van der Waals surface area contributed by atoms with Crippen molar-refractivity contribution < 1.29 is 13.2 Å². The van der Waals surface area contributed by atoms with E-state index in [1.807, 2.05) is 22.8 Å². The second-order valence-electron chi connectivity index (χ2n) is 7.27. The smallest absolute Gasteiger partial charge is 0.348 e. The van der Waals surface area contributed by atoms with E-state index in [0.29, 0.717) is 37.2 Å². The highest BCUT2D eigenvalue weighted by molar-refractivity contribution is 5.86. The lowest BCUT2D eigenvalue weighted by Gasteiger charge is -2.43. The Kier molecular flexibility index (Phi) is 4.99. The number of fused-ring (bicyclic) bond motifs is 1. The zero-order chi connectivity index (χ0) is 20.7. The maximum Gasteiger partial charge on any atom is 0.348 e. The molecule has 1 aliphatic rings. The summed E-state index contributed by atoms with van der Waals surface area (Å²) in [4.78, 5) is 26.9. The van der Waals surface area contributed by atoms with Crippen LogP contribution in [0.4, 0.5) is 19.0 Å². The van der Waals surface area contributed by atoms with Crippen molar-refractivity contribution in [1.82, 2.24) is 19.9 Å². The first-order valence-corrected chi connectivity index (χ1v) is 9.35. The molecule has 152 valence electrons. The van der Waals surface area contributed by atoms with Crippen LogP contribution in [-0.4, -0.2) is 45.5 Å². The fourth-order valence-electron chi connectivity index (χ4n) is 3.92. The zero-order valence-corrected chi connectivity index (χ0v) is 16.0. The van der Waals surface area contributed by atoms with Crippen molar-refractivity contribution in [3.63, 3.8) is 0 Å². The zero-order valence-electron chi connectivity index (χ0n) is 16.0. The Balaban J connectivity index is 1.61. The van der Waals surface area contributed by atoms with Crippen LogP contribution in [-0.2, 0) is 0 Å². The summed E-state index contributed by atoms with van der Waals surface area (Å²) in [5.74, 6) is -2.48. The highest BCUT2D eigenvalue weighted by Gasteiger charge is 2.31. The molecule has 0 radical (unpaired) electrons. The van der Waals surface area contributed by atoms with Gasteiger partial charge in [-0.1, -0.05) is 0 Å². The Labute approximate surface area is 165 Å². The standard InChI is InChI=1S/C20H20F3N5O/c1-11-10-27(12(2)15-8-13(21)9-16(22)17(15)23)6-7-28(11)19-14-4-3-5-24-18(14)25-20(29)26-19/h3-5,8-9,11-12H,6-7,10H2,1-2H3,(H,24,25,26,29). The molecule has 2 atom stereocenters. The Morgan fingerprint density at radius 2 is 2.03 bits per heavy atom. The number of benzene rings is 1. The van der Waals surface area contributed by atoms with E-state index in [1.54, 1.807) is 19.2 Å². The minimum atomic E-state index is -1.19. The van der Waals surface area contributed by atoms with E-state index >= 15 is 0 Å². The average molecular weight is 403 g/mol. The lowest BCUT2D eigenvalue weighted by Crippen LogP contribution is -2.53. The van der Waals surface area contributed by atoms with E-state index in [2.05, 4.69) is 15.0 Å². The van der Waals surface area contributed by atoms with Gasteiger partial charge < -0.3 is 4.90 Å². The van der Waals surface area contributed by atoms with Gasteiger partial charge in [0.05, 0.1) is 5.39 Å². The molecule has 1 N–H and O–H groups in total. The number of H-pyrrole nitrogens is 1. The minimum absolute atomic E-state index is 0.00733. The molecule has 4 rings (SSSR count). The average Bonchev–Trinajstić information content (AvgIpc) is 2.69. The van der Waals surface area contributed by atoms with Gasteiger partial charge in [-0.2, -0.15) is 4.98 Å². The van der Waals surface area contributed by atoms with Gasteiger partial charge in [-0.15, -0.1) is 0 Å². The van der Waals surface area contributed by atoms with Gasteiger partial charge >= 0.3 is 5.69 Å². The van der Waals surface area contributed by atoms with E-state index in [4.69, 9.17) is 0 Å². The monoisotopic (exact) mass is 403 g/mol. The first-order valence-electron chi connectivity index (χ1n) is 9.35. The predicted molar refractivity (Wildman–Crippen MR) is 103 cm³/mol. The molecular formula is C20H20F3N5O. The first-order chi connectivity index (χ1) is 13.8. The number of pyridine rings is 1. The van der Waals surface area contributed by atoms with Crippen molar-refractivity contribution in [3.8, 4) is 0 Å². The fraction of sp³-hybridized carbons (Fsp3) is 0.350. The molecule has 1 aliphatic heterocycles. The number of hydrogen-bond donors (Lipinski definition) is 1. The van der Waals surface area contributed by atoms with Gasteiger partial charge in [0.1, 0.15) is 17.3 Å². The first kappa shape index (κ1) is 19.4. The summed E-state index contributed by atoms with van der Waals surface area (Å²) in [5.41, 5.74) is -0.0265. The molecule has 6 nitrogen and oxygen atoms in total. The summed E-state index contributed by atoms with van der Waals surface area (Å²) < 4.78 is 41.4. The van der Waals surface area contributed by atoms with E-state index in [0.717, 1.165) is 11.5 Å². The molecular weight excluding hydrogens is 383 g/mol. The van der Waals surface area contributed by atoms with Gasteiger partial charge in [0, 0.05) is 49.5 Å². The van der Waals surface area contributed by atoms with Gasteiger partial charge in [0.2, 0.25) is 0 Å². The number of piperazine rings is 1. The summed E-state index contributed by atoms with van der Waals surface area (Å²) in [6.07, 6.45) is 1.60. The quantitative estimate of drug-likeness (QED) is 0.681. The molecule has 2 unspecified atom stereocenters. The molecule has 1 fully saturated rings. The van der Waals surface area contributed by atoms with Crippen LogP contribution < -0.4 is 10.6 Å². The molecule has 0 aliphatic carbocycles. The molecule has 29 heavy (non-hydrogen) atoms. The van der Waals surface area contributed by atoms with Crippen LogP contribution in [0.3, 0.4) is 0 Å². The number of nitrogens with one attached hydrogen (secondary N) is 1. The number of rotatable bonds is 3. The number of aromatic amines is 1. The second kappa shape index (κ2) is 7.47. The highest BCUT2D eigenvalue weighted by Crippen LogP contribution is 2.30. The molecule has 1 aromatic carbocycles. The van der Waals surface area contributed by atoms with Crippen molar-refractivity contribution >= 4 is 16.9 Å². The number of anilines is 1. The third kappa shape index (κ3) is 3.57. The molecule has 0 spiro atoms. The van der Waals surface area contributed by atoms with Gasteiger partial charge in [0.25, 0.3) is 0 Å². The number of hydrogen-bond acceptors (Lipinski definition) is 5. The van der Waals surface area contributed by atoms with Gasteiger partial charge in [0.15, 0.2) is 11.6 Å². The Bertz CT molecular complexity index is 1120. The number of aromatic nitrogens is 3. The molecule has 3 heterocycles. The van der Waals surface area contributed by atoms with Crippen LogP contribution >= 0.6 is 0 Å². The Morgan fingerprint density at radius 3 is 2.79 bits per heavy atom. The van der Waals surface area contributed by atoms with Crippen molar-refractivity contribution in [2.24, 2.45) is 0 Å². The SMILES string of the molecule is CC(c1cc(F)cc(F)c1F)N1CCN(c2nc(=O)[nH]c3ncccc23)C(C)C1. The van der Waals surface area contributed by atoms with Gasteiger partial charge in [-0.3, -0.25) is 9.88 Å². The van der Waals surface area contributed by atoms with Gasteiger partial charge in [-0.05, 0) is 32.0 Å². The molecule has 0 amide bonds.